The summed E-state index contributed by atoms with van der Waals surface area (Å²) in [5.41, 5.74) is -4.36. The molecule has 0 amide bonds. The number of carbonyl (C=O) groups excluding carboxylic acids is 8. The van der Waals surface area contributed by atoms with E-state index < -0.39 is 160 Å². The Morgan fingerprint density at radius 2 is 0.471 bits per heavy atom. The lowest BCUT2D eigenvalue weighted by Gasteiger charge is -2.44. The summed E-state index contributed by atoms with van der Waals surface area (Å²) in [6, 6.07) is 0. The average Bonchev–Trinajstić information content (AvgIpc) is 3.09. The van der Waals surface area contributed by atoms with Gasteiger partial charge in [0.05, 0.1) is 102 Å². The van der Waals surface area contributed by atoms with Crippen molar-refractivity contribution in [3.05, 3.63) is 101 Å². The second-order valence-electron chi connectivity index (χ2n) is 17.1. The van der Waals surface area contributed by atoms with Crippen LogP contribution in [0.1, 0.15) is 6.42 Å². The van der Waals surface area contributed by atoms with E-state index in [-0.39, 0.29) is 72.7 Å². The molecule has 85 heavy (non-hydrogen) atoms. The van der Waals surface area contributed by atoms with Crippen LogP contribution in [0.3, 0.4) is 0 Å². The standard InChI is InChI=1S/C39H56O21.C16H26O9/c1-7-32(46)55-19-26(40)38(27(41)20-56-33(47)8-2,28(42)21-57-34(48)9-3)13-14-52-15-16-53-17-18-54-25-39(29(43)22-58-35(49)10-4,30(44)23-59-36(50)11-5)31(45)24-60-37(51)12-6;1-3-15(19)24-11-13(17)9-22-7-5-21-6-8-23-10-14(18)12-25-16(20)4-2/h7-12,26-31,40-45H,1-6,13-25H2;3-4,13-14,17-18H,1-2,5-12H2. The number of carbonyl (C=O) groups is 8. The summed E-state index contributed by atoms with van der Waals surface area (Å²) in [4.78, 5) is 92.1. The van der Waals surface area contributed by atoms with E-state index in [1.165, 1.54) is 0 Å². The van der Waals surface area contributed by atoms with Crippen LogP contribution in [0, 0.1) is 10.8 Å². The van der Waals surface area contributed by atoms with E-state index in [1.807, 2.05) is 0 Å². The summed E-state index contributed by atoms with van der Waals surface area (Å²) < 4.78 is 71.0. The van der Waals surface area contributed by atoms with Crippen molar-refractivity contribution in [2.75, 3.05) is 132 Å². The fourth-order valence-electron chi connectivity index (χ4n) is 6.66. The van der Waals surface area contributed by atoms with Gasteiger partial charge in [-0.2, -0.15) is 0 Å². The van der Waals surface area contributed by atoms with Gasteiger partial charge in [-0.05, 0) is 6.42 Å². The molecule has 482 valence electrons. The van der Waals surface area contributed by atoms with Crippen LogP contribution >= 0.6 is 0 Å². The summed E-state index contributed by atoms with van der Waals surface area (Å²) in [6.45, 7) is 20.1. The molecule has 0 spiro atoms. The van der Waals surface area contributed by atoms with Crippen molar-refractivity contribution in [3.8, 4) is 0 Å². The zero-order valence-corrected chi connectivity index (χ0v) is 47.3. The fraction of sp³-hybridized carbons (Fsp3) is 0.564. The molecule has 8 N–H and O–H groups in total. The molecule has 8 atom stereocenters. The molecule has 8 unspecified atom stereocenters. The Bertz CT molecular complexity index is 1790. The van der Waals surface area contributed by atoms with Gasteiger partial charge in [-0.3, -0.25) is 0 Å². The summed E-state index contributed by atoms with van der Waals surface area (Å²) in [6.07, 6.45) is -6.81. The van der Waals surface area contributed by atoms with Crippen molar-refractivity contribution in [1.82, 2.24) is 0 Å². The molecule has 0 aliphatic carbocycles. The summed E-state index contributed by atoms with van der Waals surface area (Å²) >= 11 is 0. The zero-order valence-electron chi connectivity index (χ0n) is 47.3. The maximum absolute atomic E-state index is 11.8. The highest BCUT2D eigenvalue weighted by molar-refractivity contribution is 5.83. The Hall–Kier alpha value is -6.88. The molecule has 0 rings (SSSR count). The van der Waals surface area contributed by atoms with Gasteiger partial charge in [0.2, 0.25) is 0 Å². The van der Waals surface area contributed by atoms with Gasteiger partial charge in [-0.15, -0.1) is 0 Å². The molecule has 0 heterocycles. The van der Waals surface area contributed by atoms with Crippen molar-refractivity contribution in [1.29, 1.82) is 0 Å². The molecule has 0 aromatic carbocycles. The lowest BCUT2D eigenvalue weighted by molar-refractivity contribution is -0.208. The predicted molar refractivity (Wildman–Crippen MR) is 292 cm³/mol. The SMILES string of the molecule is C=CC(=O)OCC(O)C(CCOCCOCCOCC(C(O)COC(=O)C=C)(C(O)COC(=O)C=C)C(O)COC(=O)C=C)(C(O)COC(=O)C=C)C(O)COC(=O)C=C.C=CC(=O)OCC(O)COCCOCCOCC(O)COC(=O)C=C. The molecule has 0 saturated carbocycles. The molecule has 0 radical (unpaired) electrons. The number of ether oxygens (including phenoxy) is 14. The van der Waals surface area contributed by atoms with Gasteiger partial charge < -0.3 is 107 Å². The first-order valence-corrected chi connectivity index (χ1v) is 25.7. The molecular formula is C55H82O30. The second kappa shape index (κ2) is 48.4. The quantitative estimate of drug-likeness (QED) is 0.0132. The molecule has 0 fully saturated rings. The maximum atomic E-state index is 11.8. The highest BCUT2D eigenvalue weighted by Crippen LogP contribution is 2.37. The van der Waals surface area contributed by atoms with E-state index in [0.29, 0.717) is 13.2 Å². The van der Waals surface area contributed by atoms with Crippen LogP contribution in [0.5, 0.6) is 0 Å². The Balaban J connectivity index is 0. The largest absolute Gasteiger partial charge is 0.460 e. The van der Waals surface area contributed by atoms with E-state index in [9.17, 15) is 79.2 Å². The normalized spacial score (nSPS) is 15.0. The lowest BCUT2D eigenvalue weighted by Crippen LogP contribution is -2.60. The first kappa shape index (κ1) is 80.2. The summed E-state index contributed by atoms with van der Waals surface area (Å²) in [5.74, 6) is -6.97. The monoisotopic (exact) mass is 1220 g/mol. The highest BCUT2D eigenvalue weighted by atomic mass is 16.6. The maximum Gasteiger partial charge on any atom is 0.330 e. The van der Waals surface area contributed by atoms with Crippen molar-refractivity contribution in [2.24, 2.45) is 10.8 Å². The van der Waals surface area contributed by atoms with Gasteiger partial charge in [0.15, 0.2) is 0 Å². The topological polar surface area (TPSA) is 428 Å². The number of aliphatic hydroxyl groups excluding tert-OH is 8. The number of hydrogen-bond donors (Lipinski definition) is 8. The number of aliphatic hydroxyl groups is 8. The molecule has 30 nitrogen and oxygen atoms in total. The summed E-state index contributed by atoms with van der Waals surface area (Å²) in [7, 11) is 0. The fourth-order valence-corrected chi connectivity index (χ4v) is 6.66. The van der Waals surface area contributed by atoms with Crippen LogP contribution in [0.4, 0.5) is 0 Å². The van der Waals surface area contributed by atoms with Crippen LogP contribution < -0.4 is 0 Å². The van der Waals surface area contributed by atoms with Gasteiger partial charge >= 0.3 is 47.8 Å². The van der Waals surface area contributed by atoms with Gasteiger partial charge in [0, 0.05) is 55.2 Å². The first-order chi connectivity index (χ1) is 40.4. The smallest absolute Gasteiger partial charge is 0.330 e. The number of hydrogen-bond acceptors (Lipinski definition) is 30. The molecule has 0 aromatic heterocycles. The van der Waals surface area contributed by atoms with E-state index in [0.717, 1.165) is 48.6 Å². The molecule has 0 saturated heterocycles. The number of rotatable bonds is 51. The molecule has 0 aliphatic rings. The first-order valence-electron chi connectivity index (χ1n) is 25.7. The predicted octanol–water partition coefficient (Wildman–Crippen LogP) is -2.84. The zero-order chi connectivity index (χ0) is 64.6. The van der Waals surface area contributed by atoms with E-state index >= 15 is 0 Å². The van der Waals surface area contributed by atoms with Gasteiger partial charge in [0.25, 0.3) is 0 Å². The molecule has 0 aromatic rings. The number of esters is 8. The third kappa shape index (κ3) is 34.6. The minimum Gasteiger partial charge on any atom is -0.460 e. The Kier molecular flexibility index (Phi) is 45.6. The van der Waals surface area contributed by atoms with Crippen molar-refractivity contribution in [3.63, 3.8) is 0 Å². The van der Waals surface area contributed by atoms with Gasteiger partial charge in [-0.1, -0.05) is 52.6 Å². The van der Waals surface area contributed by atoms with Crippen LogP contribution in [0.15, 0.2) is 101 Å². The van der Waals surface area contributed by atoms with Crippen LogP contribution in [0.2, 0.25) is 0 Å². The molecule has 0 aliphatic heterocycles. The third-order valence-corrected chi connectivity index (χ3v) is 11.3. The molecular weight excluding hydrogens is 1140 g/mol. The minimum atomic E-state index is -2.24. The minimum absolute atomic E-state index is 0.0138. The van der Waals surface area contributed by atoms with Gasteiger partial charge in [-0.25, -0.2) is 38.4 Å². The van der Waals surface area contributed by atoms with Crippen molar-refractivity contribution in [2.45, 2.75) is 55.3 Å². The molecule has 30 heteroatoms. The van der Waals surface area contributed by atoms with E-state index in [2.05, 4.69) is 62.1 Å². The lowest BCUT2D eigenvalue weighted by atomic mass is 9.70. The highest BCUT2D eigenvalue weighted by Gasteiger charge is 2.53. The Morgan fingerprint density at radius 3 is 0.718 bits per heavy atom. The Labute approximate surface area is 491 Å². The van der Waals surface area contributed by atoms with Crippen molar-refractivity contribution >= 4 is 47.8 Å². The van der Waals surface area contributed by atoms with Crippen LogP contribution in [-0.4, -0.2) is 270 Å². The van der Waals surface area contributed by atoms with Crippen LogP contribution in [-0.2, 0) is 105 Å². The average molecular weight is 1220 g/mol. The molecule has 0 bridgehead atoms. The second-order valence-corrected chi connectivity index (χ2v) is 17.1. The van der Waals surface area contributed by atoms with Gasteiger partial charge in [0.1, 0.15) is 83.4 Å². The van der Waals surface area contributed by atoms with E-state index in [4.69, 9.17) is 56.8 Å². The third-order valence-electron chi connectivity index (χ3n) is 11.3. The van der Waals surface area contributed by atoms with Crippen LogP contribution in [0.25, 0.3) is 0 Å². The Morgan fingerprint density at radius 1 is 0.271 bits per heavy atom. The van der Waals surface area contributed by atoms with Crippen molar-refractivity contribution < 1.29 is 146 Å². The summed E-state index contributed by atoms with van der Waals surface area (Å²) in [5, 5.41) is 86.0. The van der Waals surface area contributed by atoms with E-state index in [1.54, 1.807) is 0 Å².